The van der Waals surface area contributed by atoms with Crippen LogP contribution in [0.1, 0.15) is 19.3 Å². The van der Waals surface area contributed by atoms with E-state index in [2.05, 4.69) is 15.5 Å². The van der Waals surface area contributed by atoms with E-state index in [1.807, 2.05) is 11.0 Å². The number of nitriles is 1. The molecule has 0 unspecified atom stereocenters. The van der Waals surface area contributed by atoms with Crippen LogP contribution in [0.4, 0.5) is 0 Å². The van der Waals surface area contributed by atoms with Crippen LogP contribution in [-0.4, -0.2) is 80.6 Å². The Hall–Kier alpha value is -2.11. The van der Waals surface area contributed by atoms with Gasteiger partial charge in [0.05, 0.1) is 13.2 Å². The highest BCUT2D eigenvalue weighted by molar-refractivity contribution is 5.97. The minimum atomic E-state index is -0.380. The molecule has 2 amide bonds. The monoisotopic (exact) mass is 349 g/mol. The molecule has 2 rings (SSSR count). The van der Waals surface area contributed by atoms with E-state index >= 15 is 0 Å². The largest absolute Gasteiger partial charge is 0.388 e. The Balaban J connectivity index is 1.60. The van der Waals surface area contributed by atoms with Gasteiger partial charge in [-0.1, -0.05) is 0 Å². The quantitative estimate of drug-likeness (QED) is 0.329. The van der Waals surface area contributed by atoms with E-state index in [1.54, 1.807) is 0 Å². The minimum absolute atomic E-state index is 0.0687. The summed E-state index contributed by atoms with van der Waals surface area (Å²) in [7, 11) is 0. The zero-order chi connectivity index (χ0) is 17.9. The summed E-state index contributed by atoms with van der Waals surface area (Å²) in [6.07, 6.45) is 3.72. The number of morpholine rings is 1. The number of amides is 2. The highest BCUT2D eigenvalue weighted by atomic mass is 16.5. The molecule has 0 atom stereocenters. The fourth-order valence-corrected chi connectivity index (χ4v) is 2.88. The second-order valence-electron chi connectivity index (χ2n) is 6.17. The third-order valence-corrected chi connectivity index (χ3v) is 4.35. The molecule has 138 valence electrons. The first kappa shape index (κ1) is 19.2. The van der Waals surface area contributed by atoms with Crippen LogP contribution in [0, 0.1) is 11.3 Å². The average molecular weight is 349 g/mol. The van der Waals surface area contributed by atoms with Crippen molar-refractivity contribution >= 4 is 11.8 Å². The molecule has 0 saturated carbocycles. The van der Waals surface area contributed by atoms with Gasteiger partial charge in [0.1, 0.15) is 11.6 Å². The van der Waals surface area contributed by atoms with Crippen molar-refractivity contribution in [2.45, 2.75) is 19.3 Å². The van der Waals surface area contributed by atoms with Crippen molar-refractivity contribution in [1.82, 2.24) is 20.4 Å². The van der Waals surface area contributed by atoms with Gasteiger partial charge in [-0.15, -0.1) is 0 Å². The predicted molar refractivity (Wildman–Crippen MR) is 92.4 cm³/mol. The molecule has 2 heterocycles. The highest BCUT2D eigenvalue weighted by Crippen LogP contribution is 2.09. The third-order valence-electron chi connectivity index (χ3n) is 4.35. The van der Waals surface area contributed by atoms with Crippen LogP contribution in [0.15, 0.2) is 11.8 Å². The molecule has 25 heavy (non-hydrogen) atoms. The molecule has 0 aromatic carbocycles. The maximum atomic E-state index is 12.0. The zero-order valence-electron chi connectivity index (χ0n) is 14.6. The molecule has 0 aromatic heterocycles. The lowest BCUT2D eigenvalue weighted by Gasteiger charge is -2.26. The number of likely N-dealkylation sites (tertiary alicyclic amines) is 1. The Labute approximate surface area is 148 Å². The molecule has 2 fully saturated rings. The standard InChI is InChI=1S/C17H27N5O3/c18-13-15(14-19-5-8-21-9-11-25-12-10-21)17(24)20-4-2-7-22-6-1-3-16(22)23/h14,19H,1-12H2,(H,20,24)/b15-14-. The maximum Gasteiger partial charge on any atom is 0.263 e. The van der Waals surface area contributed by atoms with E-state index in [0.717, 1.165) is 45.8 Å². The SMILES string of the molecule is N#C/C(=C/NCCN1CCOCC1)C(=O)NCCCN1CCCC1=O. The molecule has 2 saturated heterocycles. The van der Waals surface area contributed by atoms with E-state index < -0.39 is 0 Å². The van der Waals surface area contributed by atoms with Gasteiger partial charge in [0.25, 0.3) is 5.91 Å². The van der Waals surface area contributed by atoms with Crippen LogP contribution in [0.2, 0.25) is 0 Å². The molecule has 2 aliphatic rings. The van der Waals surface area contributed by atoms with Crippen LogP contribution in [0.25, 0.3) is 0 Å². The molecule has 2 aliphatic heterocycles. The summed E-state index contributed by atoms with van der Waals surface area (Å²) >= 11 is 0. The Kier molecular flexibility index (Phi) is 8.22. The molecule has 0 radical (unpaired) electrons. The molecule has 8 heteroatoms. The van der Waals surface area contributed by atoms with Crippen molar-refractivity contribution in [3.63, 3.8) is 0 Å². The van der Waals surface area contributed by atoms with Gasteiger partial charge in [-0.25, -0.2) is 0 Å². The van der Waals surface area contributed by atoms with Gasteiger partial charge in [0, 0.05) is 58.4 Å². The topological polar surface area (TPSA) is 97.7 Å². The molecular weight excluding hydrogens is 322 g/mol. The number of hydrogen-bond donors (Lipinski definition) is 2. The Morgan fingerprint density at radius 3 is 2.72 bits per heavy atom. The number of carbonyl (C=O) groups is 2. The molecule has 8 nitrogen and oxygen atoms in total. The molecule has 0 aliphatic carbocycles. The summed E-state index contributed by atoms with van der Waals surface area (Å²) in [6.45, 7) is 6.78. The molecule has 0 spiro atoms. The average Bonchev–Trinajstić information content (AvgIpc) is 3.04. The van der Waals surface area contributed by atoms with Gasteiger partial charge in [0.2, 0.25) is 5.91 Å². The van der Waals surface area contributed by atoms with Crippen molar-refractivity contribution in [1.29, 1.82) is 5.26 Å². The fourth-order valence-electron chi connectivity index (χ4n) is 2.88. The highest BCUT2D eigenvalue weighted by Gasteiger charge is 2.19. The molecule has 0 bridgehead atoms. The van der Waals surface area contributed by atoms with Crippen molar-refractivity contribution in [3.8, 4) is 6.07 Å². The number of rotatable bonds is 9. The number of hydrogen-bond acceptors (Lipinski definition) is 6. The summed E-state index contributed by atoms with van der Waals surface area (Å²) < 4.78 is 5.29. The van der Waals surface area contributed by atoms with Crippen LogP contribution in [-0.2, 0) is 14.3 Å². The molecule has 2 N–H and O–H groups in total. The first-order chi connectivity index (χ1) is 12.2. The van der Waals surface area contributed by atoms with Crippen molar-refractivity contribution in [2.75, 3.05) is 59.0 Å². The van der Waals surface area contributed by atoms with Crippen LogP contribution < -0.4 is 10.6 Å². The summed E-state index contributed by atoms with van der Waals surface area (Å²) in [4.78, 5) is 27.6. The normalized spacial score (nSPS) is 18.9. The van der Waals surface area contributed by atoms with Gasteiger partial charge < -0.3 is 20.3 Å². The lowest BCUT2D eigenvalue weighted by atomic mass is 10.3. The number of nitrogens with one attached hydrogen (secondary N) is 2. The van der Waals surface area contributed by atoms with E-state index in [9.17, 15) is 9.59 Å². The van der Waals surface area contributed by atoms with Crippen LogP contribution >= 0.6 is 0 Å². The van der Waals surface area contributed by atoms with Gasteiger partial charge in [-0.05, 0) is 12.8 Å². The lowest BCUT2D eigenvalue weighted by molar-refractivity contribution is -0.127. The van der Waals surface area contributed by atoms with E-state index in [1.165, 1.54) is 6.20 Å². The van der Waals surface area contributed by atoms with Crippen molar-refractivity contribution < 1.29 is 14.3 Å². The van der Waals surface area contributed by atoms with Crippen molar-refractivity contribution in [2.24, 2.45) is 0 Å². The first-order valence-corrected chi connectivity index (χ1v) is 8.90. The first-order valence-electron chi connectivity index (χ1n) is 8.90. The smallest absolute Gasteiger partial charge is 0.263 e. The van der Waals surface area contributed by atoms with Gasteiger partial charge in [-0.3, -0.25) is 14.5 Å². The predicted octanol–water partition coefficient (Wildman–Crippen LogP) is -0.556. The lowest BCUT2D eigenvalue weighted by Crippen LogP contribution is -2.39. The minimum Gasteiger partial charge on any atom is -0.388 e. The van der Waals surface area contributed by atoms with Crippen LogP contribution in [0.5, 0.6) is 0 Å². The fraction of sp³-hybridized carbons (Fsp3) is 0.706. The number of nitrogens with zero attached hydrogens (tertiary/aromatic N) is 3. The zero-order valence-corrected chi connectivity index (χ0v) is 14.6. The number of carbonyl (C=O) groups excluding carboxylic acids is 2. The summed E-state index contributed by atoms with van der Waals surface area (Å²) in [6, 6.07) is 1.92. The van der Waals surface area contributed by atoms with E-state index in [4.69, 9.17) is 10.00 Å². The van der Waals surface area contributed by atoms with Gasteiger partial charge in [-0.2, -0.15) is 5.26 Å². The number of ether oxygens (including phenoxy) is 1. The van der Waals surface area contributed by atoms with Crippen molar-refractivity contribution in [3.05, 3.63) is 11.8 Å². The Morgan fingerprint density at radius 2 is 2.04 bits per heavy atom. The van der Waals surface area contributed by atoms with E-state index in [0.29, 0.717) is 32.5 Å². The summed E-state index contributed by atoms with van der Waals surface area (Å²) in [5, 5.41) is 14.9. The Morgan fingerprint density at radius 1 is 1.24 bits per heavy atom. The molecule has 0 aromatic rings. The maximum absolute atomic E-state index is 12.0. The Bertz CT molecular complexity index is 523. The second-order valence-corrected chi connectivity index (χ2v) is 6.17. The van der Waals surface area contributed by atoms with Gasteiger partial charge >= 0.3 is 0 Å². The van der Waals surface area contributed by atoms with Gasteiger partial charge in [0.15, 0.2) is 0 Å². The third kappa shape index (κ3) is 6.72. The van der Waals surface area contributed by atoms with Crippen LogP contribution in [0.3, 0.4) is 0 Å². The molecular formula is C17H27N5O3. The summed E-state index contributed by atoms with van der Waals surface area (Å²) in [5.74, 6) is -0.192. The second kappa shape index (κ2) is 10.7. The summed E-state index contributed by atoms with van der Waals surface area (Å²) in [5.41, 5.74) is 0.0687. The van der Waals surface area contributed by atoms with E-state index in [-0.39, 0.29) is 17.4 Å².